The maximum Gasteiger partial charge on any atom is 0.174 e. The molecule has 0 aromatic heterocycles. The Morgan fingerprint density at radius 2 is 2.50 bits per heavy atom. The second-order valence-corrected chi connectivity index (χ2v) is 6.15. The van der Waals surface area contributed by atoms with E-state index in [4.69, 9.17) is 17.7 Å². The van der Waals surface area contributed by atoms with Crippen molar-refractivity contribution >= 4 is 5.78 Å². The van der Waals surface area contributed by atoms with Crippen LogP contribution in [0.4, 0.5) is 0 Å². The largest absolute Gasteiger partial charge is 0.493 e. The molecule has 1 spiro atoms. The number of carbonyl (C=O) groups is 1. The van der Waals surface area contributed by atoms with Gasteiger partial charge in [-0.05, 0) is 50.3 Å². The van der Waals surface area contributed by atoms with Gasteiger partial charge in [-0.1, -0.05) is 6.07 Å². The number of ketones is 1. The summed E-state index contributed by atoms with van der Waals surface area (Å²) >= 11 is 0. The maximum absolute atomic E-state index is 13.2. The van der Waals surface area contributed by atoms with Crippen molar-refractivity contribution in [3.63, 3.8) is 0 Å². The highest BCUT2D eigenvalue weighted by Crippen LogP contribution is 2.62. The average Bonchev–Trinajstić information content (AvgIpc) is 2.88. The molecule has 1 aromatic carbocycles. The number of likely N-dealkylation sites (N-methyl/N-ethyl adjacent to an activating group) is 1. The summed E-state index contributed by atoms with van der Waals surface area (Å²) in [5.74, 6) is -2.84. The van der Waals surface area contributed by atoms with Crippen LogP contribution in [0.2, 0.25) is 0 Å². The Bertz CT molecular complexity index is 998. The molecule has 2 heterocycles. The molecule has 5 rings (SSSR count). The second-order valence-electron chi connectivity index (χ2n) is 6.15. The molecule has 2 aliphatic heterocycles. The zero-order chi connectivity index (χ0) is 22.1. The van der Waals surface area contributed by atoms with Gasteiger partial charge in [0.15, 0.2) is 23.4 Å². The van der Waals surface area contributed by atoms with Gasteiger partial charge in [-0.3, -0.25) is 4.79 Å². The number of hydrogen-bond acceptors (Lipinski definition) is 4. The van der Waals surface area contributed by atoms with E-state index >= 15 is 0 Å². The van der Waals surface area contributed by atoms with Crippen molar-refractivity contribution < 1.29 is 25.2 Å². The first-order chi connectivity index (χ1) is 13.7. The van der Waals surface area contributed by atoms with Crippen molar-refractivity contribution in [3.05, 3.63) is 23.3 Å². The number of likely N-dealkylation sites (tertiary alicyclic amines) is 1. The van der Waals surface area contributed by atoms with Crippen molar-refractivity contribution in [2.75, 3.05) is 20.6 Å². The van der Waals surface area contributed by atoms with Crippen LogP contribution in [0.1, 0.15) is 41.3 Å². The number of hydrogen-bond donors (Lipinski definition) is 0. The van der Waals surface area contributed by atoms with Crippen LogP contribution in [0.3, 0.4) is 0 Å². The van der Waals surface area contributed by atoms with Gasteiger partial charge in [-0.25, -0.2) is 0 Å². The van der Waals surface area contributed by atoms with Crippen LogP contribution in [0.15, 0.2) is 12.1 Å². The predicted molar refractivity (Wildman–Crippen MR) is 81.6 cm³/mol. The van der Waals surface area contributed by atoms with Crippen molar-refractivity contribution in [1.29, 1.82) is 0 Å². The molecule has 1 saturated heterocycles. The molecule has 1 saturated carbocycles. The Morgan fingerprint density at radius 3 is 3.32 bits per heavy atom. The maximum atomic E-state index is 13.2. The predicted octanol–water partition coefficient (Wildman–Crippen LogP) is 1.93. The topological polar surface area (TPSA) is 38.8 Å². The first-order valence-corrected chi connectivity index (χ1v) is 7.42. The van der Waals surface area contributed by atoms with Crippen molar-refractivity contribution in [3.8, 4) is 11.5 Å². The molecule has 4 aliphatic rings. The van der Waals surface area contributed by atoms with Gasteiger partial charge in [0.05, 0.1) is 8.48 Å². The highest BCUT2D eigenvalue weighted by molar-refractivity contribution is 5.89. The quantitative estimate of drug-likeness (QED) is 0.795. The fourth-order valence-corrected chi connectivity index (χ4v) is 4.41. The Balaban J connectivity index is 1.91. The van der Waals surface area contributed by atoms with E-state index in [0.717, 1.165) is 4.90 Å². The number of nitrogens with zero attached hydrogens (tertiary/aromatic N) is 1. The van der Waals surface area contributed by atoms with Gasteiger partial charge in [-0.15, -0.1) is 0 Å². The van der Waals surface area contributed by atoms with Crippen LogP contribution in [0, 0.1) is 5.89 Å². The van der Waals surface area contributed by atoms with Gasteiger partial charge in [0.1, 0.15) is 0 Å². The van der Waals surface area contributed by atoms with Crippen molar-refractivity contribution in [1.82, 2.24) is 4.90 Å². The van der Waals surface area contributed by atoms with E-state index in [1.165, 1.54) is 7.11 Å². The lowest BCUT2D eigenvalue weighted by molar-refractivity contribution is -0.138. The molecule has 2 aliphatic carbocycles. The molecule has 4 nitrogen and oxygen atoms in total. The van der Waals surface area contributed by atoms with Crippen LogP contribution >= 0.6 is 0 Å². The zero-order valence-corrected chi connectivity index (χ0v) is 12.2. The summed E-state index contributed by atoms with van der Waals surface area (Å²) in [6, 6.07) is 1.15. The van der Waals surface area contributed by atoms with Gasteiger partial charge < -0.3 is 14.4 Å². The number of piperidine rings is 1. The average molecular weight is 307 g/mol. The molecule has 0 N–H and O–H groups in total. The molecule has 1 unspecified atom stereocenters. The van der Waals surface area contributed by atoms with E-state index < -0.39 is 49.0 Å². The first kappa shape index (κ1) is 7.35. The second kappa shape index (κ2) is 4.05. The van der Waals surface area contributed by atoms with E-state index in [0.29, 0.717) is 11.1 Å². The number of benzene rings is 1. The highest BCUT2D eigenvalue weighted by Gasteiger charge is 2.65. The number of rotatable bonds is 1. The van der Waals surface area contributed by atoms with Gasteiger partial charge in [0.2, 0.25) is 0 Å². The summed E-state index contributed by atoms with van der Waals surface area (Å²) in [7, 11) is 1.40. The Labute approximate surface area is 141 Å². The molecule has 4 heteroatoms. The monoisotopic (exact) mass is 307 g/mol. The SMILES string of the molecule is [2H]C1([2H])C[C@@]2([2H])[C@@]3([2H])Cc4ccc(OC)c5c4[C@@]2(CCN3C([2H])([2H])[2H])C([2H])(O5)C1=O. The van der Waals surface area contributed by atoms with Gasteiger partial charge >= 0.3 is 0 Å². The standard InChI is InChI=1S/C18H21NO3/c1-19-8-7-18-11-4-5-13(20)17(18)22-16-14(21-2)6-3-10(15(16)18)9-12(11)19/h3,6,11-12,17H,4-5,7-9H2,1-2H3/t11-,12+,17?,18-/m0/s1/i1D3,5D2,11D,12D,17D. The molecule has 2 bridgehead atoms. The smallest absolute Gasteiger partial charge is 0.174 e. The Kier molecular flexibility index (Phi) is 1.35. The summed E-state index contributed by atoms with van der Waals surface area (Å²) in [4.78, 5) is 14.2. The highest BCUT2D eigenvalue weighted by atomic mass is 16.5. The molecule has 4 atom stereocenters. The zero-order valence-electron chi connectivity index (χ0n) is 20.2. The third kappa shape index (κ3) is 1.27. The fourth-order valence-electron chi connectivity index (χ4n) is 4.41. The van der Waals surface area contributed by atoms with Crippen LogP contribution < -0.4 is 9.47 Å². The van der Waals surface area contributed by atoms with Gasteiger partial charge in [0, 0.05) is 33.0 Å². The lowest BCUT2D eigenvalue weighted by Crippen LogP contribution is -2.65. The van der Waals surface area contributed by atoms with E-state index in [2.05, 4.69) is 0 Å². The molecule has 1 aromatic rings. The molecule has 116 valence electrons. The lowest BCUT2D eigenvalue weighted by atomic mass is 9.52. The van der Waals surface area contributed by atoms with Crippen LogP contribution in [0.5, 0.6) is 11.5 Å². The summed E-state index contributed by atoms with van der Waals surface area (Å²) in [6.45, 7) is -2.83. The first-order valence-electron chi connectivity index (χ1n) is 11.4. The fraction of sp³-hybridized carbons (Fsp3) is 0.611. The molecule has 0 radical (unpaired) electrons. The van der Waals surface area contributed by atoms with E-state index in [1.807, 2.05) is 0 Å². The summed E-state index contributed by atoms with van der Waals surface area (Å²) in [5.41, 5.74) is -0.727. The van der Waals surface area contributed by atoms with Crippen molar-refractivity contribution in [2.24, 2.45) is 5.89 Å². The summed E-state index contributed by atoms with van der Waals surface area (Å²) < 4.78 is 79.5. The minimum absolute atomic E-state index is 0.0893. The minimum Gasteiger partial charge on any atom is -0.493 e. The lowest BCUT2D eigenvalue weighted by Gasteiger charge is -2.57. The van der Waals surface area contributed by atoms with E-state index in [-0.39, 0.29) is 30.9 Å². The Hall–Kier alpha value is -1.55. The number of ether oxygens (including phenoxy) is 2. The van der Waals surface area contributed by atoms with E-state index in [1.54, 1.807) is 12.1 Å². The number of methoxy groups -OCH3 is 1. The third-order valence-corrected chi connectivity index (χ3v) is 5.34. The van der Waals surface area contributed by atoms with Crippen LogP contribution in [-0.2, 0) is 16.6 Å². The molecule has 2 fully saturated rings. The number of carbonyl (C=O) groups excluding carboxylic acids is 1. The normalized spacial score (nSPS) is 56.7. The van der Waals surface area contributed by atoms with Crippen LogP contribution in [-0.4, -0.2) is 43.4 Å². The molecule has 0 amide bonds. The molecular weight excluding hydrogens is 278 g/mol. The van der Waals surface area contributed by atoms with Gasteiger partial charge in [-0.2, -0.15) is 0 Å². The van der Waals surface area contributed by atoms with Gasteiger partial charge in [0.25, 0.3) is 0 Å². The number of Topliss-reactive ketones (excluding diaryl/α,β-unsaturated/α-hetero) is 1. The summed E-state index contributed by atoms with van der Waals surface area (Å²) in [5, 5.41) is 0. The van der Waals surface area contributed by atoms with E-state index in [9.17, 15) is 7.54 Å². The van der Waals surface area contributed by atoms with Crippen LogP contribution in [0.25, 0.3) is 0 Å². The minimum atomic E-state index is -2.69. The molecule has 22 heavy (non-hydrogen) atoms. The third-order valence-electron chi connectivity index (χ3n) is 5.34. The summed E-state index contributed by atoms with van der Waals surface area (Å²) in [6.07, 6.45) is -6.05. The Morgan fingerprint density at radius 1 is 1.59 bits per heavy atom. The molecular formula is C18H21NO3. The van der Waals surface area contributed by atoms with Crippen molar-refractivity contribution in [2.45, 2.75) is 43.1 Å².